The molecule has 138 valence electrons. The van der Waals surface area contributed by atoms with E-state index in [9.17, 15) is 4.79 Å². The Morgan fingerprint density at radius 1 is 1.13 bits per heavy atom. The number of piperazine rings is 1. The van der Waals surface area contributed by atoms with E-state index in [1.807, 2.05) is 25.7 Å². The highest BCUT2D eigenvalue weighted by Crippen LogP contribution is 2.21. The fraction of sp³-hybridized carbons (Fsp3) is 0.938. The number of ether oxygens (including phenoxy) is 1. The van der Waals surface area contributed by atoms with E-state index in [1.54, 1.807) is 0 Å². The van der Waals surface area contributed by atoms with Gasteiger partial charge in [0.1, 0.15) is 0 Å². The van der Waals surface area contributed by atoms with E-state index in [4.69, 9.17) is 10.5 Å². The molecule has 0 bridgehead atoms. The molecule has 2 fully saturated rings. The molecule has 1 atom stereocenters. The molecule has 7 heteroatoms. The van der Waals surface area contributed by atoms with Gasteiger partial charge in [0.05, 0.1) is 6.04 Å². The van der Waals surface area contributed by atoms with Crippen LogP contribution in [0.2, 0.25) is 0 Å². The first-order valence-corrected chi connectivity index (χ1v) is 8.22. The molecule has 0 radical (unpaired) electrons. The predicted octanol–water partition coefficient (Wildman–Crippen LogP) is 1.77. The lowest BCUT2D eigenvalue weighted by molar-refractivity contribution is -0.136. The van der Waals surface area contributed by atoms with Crippen molar-refractivity contribution in [3.63, 3.8) is 0 Å². The van der Waals surface area contributed by atoms with Gasteiger partial charge in [-0.25, -0.2) is 0 Å². The number of carbonyl (C=O) groups is 1. The van der Waals surface area contributed by atoms with Crippen LogP contribution in [0.4, 0.5) is 0 Å². The lowest BCUT2D eigenvalue weighted by Crippen LogP contribution is -2.56. The van der Waals surface area contributed by atoms with Crippen LogP contribution < -0.4 is 5.73 Å². The number of carbonyl (C=O) groups excluding carboxylic acids is 1. The molecule has 0 aliphatic carbocycles. The molecule has 5 nitrogen and oxygen atoms in total. The molecule has 1 amide bonds. The van der Waals surface area contributed by atoms with Crippen LogP contribution in [0.15, 0.2) is 0 Å². The smallest absolute Gasteiger partial charge is 0.240 e. The minimum Gasteiger partial charge on any atom is -0.381 e. The van der Waals surface area contributed by atoms with Crippen molar-refractivity contribution in [1.29, 1.82) is 0 Å². The second-order valence-electron chi connectivity index (χ2n) is 7.53. The van der Waals surface area contributed by atoms with Crippen LogP contribution in [0.5, 0.6) is 0 Å². The van der Waals surface area contributed by atoms with Gasteiger partial charge < -0.3 is 15.4 Å². The van der Waals surface area contributed by atoms with Crippen molar-refractivity contribution < 1.29 is 9.53 Å². The first-order chi connectivity index (χ1) is 9.88. The van der Waals surface area contributed by atoms with Crippen molar-refractivity contribution in [3.05, 3.63) is 0 Å². The van der Waals surface area contributed by atoms with Gasteiger partial charge >= 0.3 is 0 Å². The third-order valence-electron chi connectivity index (χ3n) is 4.74. The van der Waals surface area contributed by atoms with Gasteiger partial charge in [0, 0.05) is 45.9 Å². The highest BCUT2D eigenvalue weighted by Gasteiger charge is 2.32. The minimum atomic E-state index is -0.403. The van der Waals surface area contributed by atoms with Crippen molar-refractivity contribution >= 4 is 30.7 Å². The van der Waals surface area contributed by atoms with Gasteiger partial charge in [-0.1, -0.05) is 20.8 Å². The lowest BCUT2D eigenvalue weighted by Gasteiger charge is -2.39. The Hall–Kier alpha value is -0.0700. The van der Waals surface area contributed by atoms with Crippen molar-refractivity contribution in [2.75, 3.05) is 45.9 Å². The van der Waals surface area contributed by atoms with Crippen LogP contribution in [0.25, 0.3) is 0 Å². The molecule has 2 heterocycles. The molecule has 0 spiro atoms. The summed E-state index contributed by atoms with van der Waals surface area (Å²) in [4.78, 5) is 16.8. The monoisotopic (exact) mass is 369 g/mol. The highest BCUT2D eigenvalue weighted by atomic mass is 35.5. The first kappa shape index (κ1) is 22.9. The average molecular weight is 370 g/mol. The van der Waals surface area contributed by atoms with E-state index in [0.717, 1.165) is 51.9 Å². The Labute approximate surface area is 153 Å². The summed E-state index contributed by atoms with van der Waals surface area (Å²) in [5.41, 5.74) is 5.92. The Bertz CT molecular complexity index is 350. The topological polar surface area (TPSA) is 58.8 Å². The molecule has 2 aliphatic rings. The SMILES string of the molecule is CC(C)(C)[C@H](N)C(=O)N1CCN(CC2CCOCC2)CC1.Cl.Cl. The van der Waals surface area contributed by atoms with Crippen LogP contribution in [0, 0.1) is 11.3 Å². The second kappa shape index (κ2) is 10.0. The number of halogens is 2. The number of rotatable bonds is 3. The van der Waals surface area contributed by atoms with E-state index in [-0.39, 0.29) is 36.1 Å². The standard InChI is InChI=1S/C16H31N3O2.2ClH/c1-16(2,3)14(17)15(20)19-8-6-18(7-9-19)12-13-4-10-21-11-5-13;;/h13-14H,4-12,17H2,1-3H3;2*1H/t14-;;/m1../s1. The van der Waals surface area contributed by atoms with E-state index in [1.165, 1.54) is 12.8 Å². The molecule has 0 aromatic heterocycles. The molecule has 2 aliphatic heterocycles. The van der Waals surface area contributed by atoms with Crippen LogP contribution in [0.1, 0.15) is 33.6 Å². The molecule has 0 aromatic rings. The van der Waals surface area contributed by atoms with E-state index in [2.05, 4.69) is 4.90 Å². The van der Waals surface area contributed by atoms with Gasteiger partial charge in [0.2, 0.25) is 5.91 Å². The molecule has 0 saturated carbocycles. The zero-order valence-corrected chi connectivity index (χ0v) is 16.3. The fourth-order valence-corrected chi connectivity index (χ4v) is 3.01. The Kier molecular flexibility index (Phi) is 10.0. The van der Waals surface area contributed by atoms with Gasteiger partial charge in [-0.2, -0.15) is 0 Å². The summed E-state index contributed by atoms with van der Waals surface area (Å²) >= 11 is 0. The third kappa shape index (κ3) is 6.75. The van der Waals surface area contributed by atoms with Crippen molar-refractivity contribution in [2.24, 2.45) is 17.1 Å². The summed E-state index contributed by atoms with van der Waals surface area (Å²) < 4.78 is 5.41. The van der Waals surface area contributed by atoms with Crippen LogP contribution >= 0.6 is 24.8 Å². The molecule has 0 aromatic carbocycles. The maximum atomic E-state index is 12.4. The molecular weight excluding hydrogens is 337 g/mol. The zero-order chi connectivity index (χ0) is 15.5. The highest BCUT2D eigenvalue weighted by molar-refractivity contribution is 5.85. The van der Waals surface area contributed by atoms with Crippen LogP contribution in [0.3, 0.4) is 0 Å². The second-order valence-corrected chi connectivity index (χ2v) is 7.53. The molecule has 2 N–H and O–H groups in total. The first-order valence-electron chi connectivity index (χ1n) is 8.22. The Balaban J connectivity index is 0.00000242. The van der Waals surface area contributed by atoms with Gasteiger partial charge in [-0.05, 0) is 24.2 Å². The van der Waals surface area contributed by atoms with Gasteiger partial charge in [-0.3, -0.25) is 9.69 Å². The van der Waals surface area contributed by atoms with Gasteiger partial charge in [0.25, 0.3) is 0 Å². The van der Waals surface area contributed by atoms with Crippen LogP contribution in [-0.2, 0) is 9.53 Å². The largest absolute Gasteiger partial charge is 0.381 e. The lowest BCUT2D eigenvalue weighted by atomic mass is 9.86. The maximum Gasteiger partial charge on any atom is 0.240 e. The van der Waals surface area contributed by atoms with Crippen molar-refractivity contribution in [2.45, 2.75) is 39.7 Å². The summed E-state index contributed by atoms with van der Waals surface area (Å²) in [6, 6.07) is -0.403. The van der Waals surface area contributed by atoms with Crippen LogP contribution in [-0.4, -0.2) is 67.7 Å². The third-order valence-corrected chi connectivity index (χ3v) is 4.74. The van der Waals surface area contributed by atoms with E-state index in [0.29, 0.717) is 0 Å². The number of nitrogens with two attached hydrogens (primary N) is 1. The molecule has 2 saturated heterocycles. The number of hydrogen-bond acceptors (Lipinski definition) is 4. The van der Waals surface area contributed by atoms with Gasteiger partial charge in [-0.15, -0.1) is 24.8 Å². The van der Waals surface area contributed by atoms with Gasteiger partial charge in [0.15, 0.2) is 0 Å². The Morgan fingerprint density at radius 3 is 2.13 bits per heavy atom. The van der Waals surface area contributed by atoms with E-state index < -0.39 is 6.04 Å². The van der Waals surface area contributed by atoms with Crippen molar-refractivity contribution in [3.8, 4) is 0 Å². The summed E-state index contributed by atoms with van der Waals surface area (Å²) in [5, 5.41) is 0. The average Bonchev–Trinajstić information content (AvgIpc) is 2.46. The normalized spacial score (nSPS) is 22.0. The quantitative estimate of drug-likeness (QED) is 0.823. The summed E-state index contributed by atoms with van der Waals surface area (Å²) in [6.07, 6.45) is 2.35. The Morgan fingerprint density at radius 2 is 1.65 bits per heavy atom. The summed E-state index contributed by atoms with van der Waals surface area (Å²) in [6.45, 7) is 12.6. The van der Waals surface area contributed by atoms with Crippen molar-refractivity contribution in [1.82, 2.24) is 9.80 Å². The molecular formula is C16H33Cl2N3O2. The fourth-order valence-electron chi connectivity index (χ4n) is 3.01. The molecule has 2 rings (SSSR count). The zero-order valence-electron chi connectivity index (χ0n) is 14.6. The summed E-state index contributed by atoms with van der Waals surface area (Å²) in [5.74, 6) is 0.867. The number of hydrogen-bond donors (Lipinski definition) is 1. The minimum absolute atomic E-state index is 0. The predicted molar refractivity (Wildman–Crippen MR) is 98.5 cm³/mol. The van der Waals surface area contributed by atoms with E-state index >= 15 is 0 Å². The maximum absolute atomic E-state index is 12.4. The number of amides is 1. The molecule has 0 unspecified atom stereocenters. The summed E-state index contributed by atoms with van der Waals surface area (Å²) in [7, 11) is 0. The molecule has 23 heavy (non-hydrogen) atoms. The number of nitrogens with zero attached hydrogens (tertiary/aromatic N) is 2.